The van der Waals surface area contributed by atoms with E-state index in [0.29, 0.717) is 9.18 Å². The Balaban J connectivity index is 2.35. The highest BCUT2D eigenvalue weighted by atomic mass is 32.2. The van der Waals surface area contributed by atoms with Gasteiger partial charge < -0.3 is 0 Å². The topological polar surface area (TPSA) is 37.4 Å². The van der Waals surface area contributed by atoms with Crippen molar-refractivity contribution in [3.8, 4) is 0 Å². The minimum Gasteiger partial charge on any atom is -0.264 e. The maximum absolute atomic E-state index is 12.3. The summed E-state index contributed by atoms with van der Waals surface area (Å²) in [5.74, 6) is 0. The molecule has 0 N–H and O–H groups in total. The maximum Gasteiger partial charge on any atom is 0.516 e. The van der Waals surface area contributed by atoms with Gasteiger partial charge in [-0.25, -0.2) is 0 Å². The molecule has 2 rings (SSSR count). The highest BCUT2D eigenvalue weighted by Gasteiger charge is 2.49. The number of fused-ring (bicyclic) bond motifs is 1. The Labute approximate surface area is 93.9 Å². The second-order valence-electron chi connectivity index (χ2n) is 3.11. The van der Waals surface area contributed by atoms with Crippen LogP contribution in [0.25, 0.3) is 6.08 Å². The van der Waals surface area contributed by atoms with E-state index < -0.39 is 15.5 Å². The molecule has 0 radical (unpaired) electrons. The van der Waals surface area contributed by atoms with Crippen LogP contribution < -0.4 is 0 Å². The normalized spacial score (nSPS) is 16.3. The fourth-order valence-electron chi connectivity index (χ4n) is 1.28. The summed E-state index contributed by atoms with van der Waals surface area (Å²) in [5, 5.41) is 1.71. The van der Waals surface area contributed by atoms with Crippen LogP contribution in [-0.2, 0) is 16.6 Å². The molecule has 2 heterocycles. The predicted octanol–water partition coefficient (Wildman–Crippen LogP) is 2.38. The summed E-state index contributed by atoms with van der Waals surface area (Å²) in [6.45, 7) is -0.259. The van der Waals surface area contributed by atoms with Crippen molar-refractivity contribution in [2.24, 2.45) is 0 Å². The third-order valence-corrected chi connectivity index (χ3v) is 4.48. The molecular weight excluding hydrogens is 263 g/mol. The van der Waals surface area contributed by atoms with Crippen LogP contribution in [0, 0.1) is 0 Å². The minimum atomic E-state index is -5.27. The summed E-state index contributed by atoms with van der Waals surface area (Å²) in [5.41, 5.74) is -4.50. The first-order chi connectivity index (χ1) is 7.32. The third kappa shape index (κ3) is 1.71. The molecule has 0 aliphatic carbocycles. The van der Waals surface area contributed by atoms with E-state index in [-0.39, 0.29) is 6.54 Å². The molecule has 0 aromatic carbocycles. The Morgan fingerprint density at radius 2 is 2.06 bits per heavy atom. The Kier molecular flexibility index (Phi) is 2.50. The van der Waals surface area contributed by atoms with Gasteiger partial charge in [0, 0.05) is 11.1 Å². The summed E-state index contributed by atoms with van der Waals surface area (Å²) in [7, 11) is -5.27. The average Bonchev–Trinajstić information content (AvgIpc) is 2.61. The van der Waals surface area contributed by atoms with Crippen LogP contribution in [0.4, 0.5) is 13.2 Å². The molecule has 16 heavy (non-hydrogen) atoms. The van der Waals surface area contributed by atoms with Crippen LogP contribution in [0.15, 0.2) is 17.6 Å². The molecule has 1 aliphatic rings. The molecule has 1 aromatic rings. The first-order valence-corrected chi connectivity index (χ1v) is 6.47. The van der Waals surface area contributed by atoms with E-state index in [9.17, 15) is 21.6 Å². The minimum absolute atomic E-state index is 0.259. The van der Waals surface area contributed by atoms with Crippen LogP contribution in [0.5, 0.6) is 0 Å². The molecule has 0 fully saturated rings. The number of hydrogen-bond acceptors (Lipinski definition) is 3. The van der Waals surface area contributed by atoms with Crippen molar-refractivity contribution in [1.82, 2.24) is 4.31 Å². The summed E-state index contributed by atoms with van der Waals surface area (Å²) < 4.78 is 59.3. The number of rotatable bonds is 1. The lowest BCUT2D eigenvalue weighted by Crippen LogP contribution is -2.37. The van der Waals surface area contributed by atoms with Crippen LogP contribution in [-0.4, -0.2) is 18.2 Å². The zero-order valence-corrected chi connectivity index (χ0v) is 9.36. The van der Waals surface area contributed by atoms with E-state index in [0.717, 1.165) is 11.8 Å². The van der Waals surface area contributed by atoms with Crippen molar-refractivity contribution in [3.05, 3.63) is 28.1 Å². The monoisotopic (exact) mass is 269 g/mol. The zero-order chi connectivity index (χ0) is 12.0. The average molecular weight is 269 g/mol. The quantitative estimate of drug-likeness (QED) is 0.785. The maximum atomic E-state index is 12.3. The summed E-state index contributed by atoms with van der Waals surface area (Å²) >= 11 is 1.23. The van der Waals surface area contributed by atoms with Gasteiger partial charge in [0.15, 0.2) is 0 Å². The molecule has 0 saturated carbocycles. The second kappa shape index (κ2) is 3.49. The first-order valence-electron chi connectivity index (χ1n) is 4.15. The van der Waals surface area contributed by atoms with Crippen molar-refractivity contribution < 1.29 is 21.6 Å². The van der Waals surface area contributed by atoms with E-state index in [2.05, 4.69) is 0 Å². The molecule has 1 aromatic heterocycles. The summed E-state index contributed by atoms with van der Waals surface area (Å²) in [6.07, 6.45) is 2.30. The van der Waals surface area contributed by atoms with Crippen LogP contribution >= 0.6 is 11.3 Å². The molecular formula is C8H6F3NO2S2. The highest BCUT2D eigenvalue weighted by Crippen LogP contribution is 2.32. The van der Waals surface area contributed by atoms with E-state index >= 15 is 0 Å². The Bertz CT molecular complexity index is 530. The number of sulfonamides is 1. The zero-order valence-electron chi connectivity index (χ0n) is 7.73. The fourth-order valence-corrected chi connectivity index (χ4v) is 3.02. The lowest BCUT2D eigenvalue weighted by Gasteiger charge is -2.23. The number of alkyl halides is 3. The van der Waals surface area contributed by atoms with Gasteiger partial charge in [0.1, 0.15) is 0 Å². The van der Waals surface area contributed by atoms with E-state index in [1.54, 1.807) is 11.4 Å². The van der Waals surface area contributed by atoms with Gasteiger partial charge in [-0.1, -0.05) is 0 Å². The van der Waals surface area contributed by atoms with Gasteiger partial charge >= 0.3 is 15.5 Å². The SMILES string of the molecule is O=S(=O)(N1C=Cc2ccsc2C1)C(F)(F)F. The van der Waals surface area contributed by atoms with Crippen molar-refractivity contribution in [1.29, 1.82) is 0 Å². The third-order valence-electron chi connectivity index (χ3n) is 2.10. The Morgan fingerprint density at radius 3 is 2.69 bits per heavy atom. The molecule has 0 amide bonds. The lowest BCUT2D eigenvalue weighted by atomic mass is 10.2. The number of thiophene rings is 1. The molecule has 0 spiro atoms. The largest absolute Gasteiger partial charge is 0.516 e. The van der Waals surface area contributed by atoms with Crippen LogP contribution in [0.2, 0.25) is 0 Å². The van der Waals surface area contributed by atoms with Gasteiger partial charge in [0.25, 0.3) is 0 Å². The van der Waals surface area contributed by atoms with E-state index in [1.807, 2.05) is 0 Å². The van der Waals surface area contributed by atoms with Gasteiger partial charge in [0.05, 0.1) is 6.54 Å². The van der Waals surface area contributed by atoms with Crippen LogP contribution in [0.3, 0.4) is 0 Å². The first kappa shape index (κ1) is 11.5. The fraction of sp³-hybridized carbons (Fsp3) is 0.250. The molecule has 0 saturated heterocycles. The van der Waals surface area contributed by atoms with E-state index in [4.69, 9.17) is 0 Å². The van der Waals surface area contributed by atoms with Gasteiger partial charge in [-0.2, -0.15) is 21.6 Å². The van der Waals surface area contributed by atoms with Crippen molar-refractivity contribution in [2.75, 3.05) is 0 Å². The number of halogens is 3. The Morgan fingerprint density at radius 1 is 1.38 bits per heavy atom. The molecule has 8 heteroatoms. The molecule has 1 aliphatic heterocycles. The van der Waals surface area contributed by atoms with Gasteiger partial charge in [-0.15, -0.1) is 11.3 Å². The van der Waals surface area contributed by atoms with Gasteiger partial charge in [-0.05, 0) is 23.1 Å². The smallest absolute Gasteiger partial charge is 0.264 e. The summed E-state index contributed by atoms with van der Waals surface area (Å²) in [6, 6.07) is 1.73. The molecule has 3 nitrogen and oxygen atoms in total. The lowest BCUT2D eigenvalue weighted by molar-refractivity contribution is -0.0479. The second-order valence-corrected chi connectivity index (χ2v) is 5.99. The molecule has 88 valence electrons. The van der Waals surface area contributed by atoms with E-state index in [1.165, 1.54) is 17.4 Å². The van der Waals surface area contributed by atoms with Gasteiger partial charge in [-0.3, -0.25) is 4.31 Å². The van der Waals surface area contributed by atoms with Gasteiger partial charge in [0.2, 0.25) is 0 Å². The summed E-state index contributed by atoms with van der Waals surface area (Å²) in [4.78, 5) is 0.607. The molecule has 0 bridgehead atoms. The predicted molar refractivity (Wildman–Crippen MR) is 53.9 cm³/mol. The van der Waals surface area contributed by atoms with Crippen molar-refractivity contribution >= 4 is 27.4 Å². The standard InChI is InChI=1S/C8H6F3NO2S2/c9-8(10,11)16(13,14)12-3-1-6-2-4-15-7(6)5-12/h1-4H,5H2. The number of hydrogen-bond donors (Lipinski definition) is 0. The van der Waals surface area contributed by atoms with Crippen molar-refractivity contribution in [2.45, 2.75) is 12.1 Å². The van der Waals surface area contributed by atoms with Crippen LogP contribution in [0.1, 0.15) is 10.4 Å². The molecule has 0 atom stereocenters. The van der Waals surface area contributed by atoms with Crippen molar-refractivity contribution in [3.63, 3.8) is 0 Å². The molecule has 0 unspecified atom stereocenters. The number of nitrogens with zero attached hydrogens (tertiary/aromatic N) is 1. The highest BCUT2D eigenvalue weighted by molar-refractivity contribution is 7.90. The Hall–Kier alpha value is -1.02.